The highest BCUT2D eigenvalue weighted by Crippen LogP contribution is 2.30. The van der Waals surface area contributed by atoms with Gasteiger partial charge in [0.05, 0.1) is 12.1 Å². The van der Waals surface area contributed by atoms with Gasteiger partial charge < -0.3 is 9.64 Å². The van der Waals surface area contributed by atoms with E-state index >= 15 is 0 Å². The monoisotopic (exact) mass is 276 g/mol. The molecule has 3 nitrogen and oxygen atoms in total. The van der Waals surface area contributed by atoms with E-state index < -0.39 is 0 Å². The van der Waals surface area contributed by atoms with E-state index in [0.29, 0.717) is 6.61 Å². The Morgan fingerprint density at radius 1 is 0.952 bits per heavy atom. The minimum atomic E-state index is 0.702. The largest absolute Gasteiger partial charge is 0.491 e. The van der Waals surface area contributed by atoms with Crippen LogP contribution in [0.1, 0.15) is 5.56 Å². The van der Waals surface area contributed by atoms with Crippen molar-refractivity contribution in [2.45, 2.75) is 6.54 Å². The lowest BCUT2D eigenvalue weighted by Gasteiger charge is -2.23. The Bertz CT molecular complexity index is 780. The summed E-state index contributed by atoms with van der Waals surface area (Å²) in [5.74, 6) is 0.998. The number of anilines is 1. The van der Waals surface area contributed by atoms with Crippen molar-refractivity contribution in [3.05, 3.63) is 66.4 Å². The Hall–Kier alpha value is -2.55. The molecule has 3 aromatic rings. The van der Waals surface area contributed by atoms with E-state index in [-0.39, 0.29) is 0 Å². The van der Waals surface area contributed by atoms with Gasteiger partial charge in [0.2, 0.25) is 0 Å². The second kappa shape index (κ2) is 5.09. The molecule has 1 aliphatic rings. The number of hydrogen-bond donors (Lipinski definition) is 0. The summed E-state index contributed by atoms with van der Waals surface area (Å²) in [6.45, 7) is 2.44. The summed E-state index contributed by atoms with van der Waals surface area (Å²) < 4.78 is 5.85. The molecule has 0 spiro atoms. The molecule has 1 aliphatic heterocycles. The van der Waals surface area contributed by atoms with Gasteiger partial charge in [-0.3, -0.25) is 4.98 Å². The summed E-state index contributed by atoms with van der Waals surface area (Å²) >= 11 is 0. The number of nitrogens with zero attached hydrogens (tertiary/aromatic N) is 2. The van der Waals surface area contributed by atoms with Crippen LogP contribution in [0, 0.1) is 0 Å². The Labute approximate surface area is 123 Å². The van der Waals surface area contributed by atoms with Crippen molar-refractivity contribution in [3.63, 3.8) is 0 Å². The molecule has 0 atom stereocenters. The summed E-state index contributed by atoms with van der Waals surface area (Å²) in [6, 6.07) is 18.6. The highest BCUT2D eigenvalue weighted by Gasteiger charge is 2.16. The van der Waals surface area contributed by atoms with Gasteiger partial charge in [0.15, 0.2) is 0 Å². The minimum absolute atomic E-state index is 0.702. The Kier molecular flexibility index (Phi) is 2.96. The zero-order valence-electron chi connectivity index (χ0n) is 11.7. The van der Waals surface area contributed by atoms with Crippen LogP contribution >= 0.6 is 0 Å². The topological polar surface area (TPSA) is 25.4 Å². The Morgan fingerprint density at radius 3 is 2.81 bits per heavy atom. The molecule has 21 heavy (non-hydrogen) atoms. The fourth-order valence-corrected chi connectivity index (χ4v) is 2.89. The lowest BCUT2D eigenvalue weighted by Crippen LogP contribution is -2.25. The molecule has 1 aromatic heterocycles. The third kappa shape index (κ3) is 2.21. The van der Waals surface area contributed by atoms with Gasteiger partial charge in [0.1, 0.15) is 12.4 Å². The van der Waals surface area contributed by atoms with Crippen LogP contribution in [-0.2, 0) is 6.54 Å². The fraction of sp³-hybridized carbons (Fsp3) is 0.167. The lowest BCUT2D eigenvalue weighted by molar-refractivity contribution is 0.332. The lowest BCUT2D eigenvalue weighted by atomic mass is 10.1. The first-order chi connectivity index (χ1) is 10.4. The molecule has 0 unspecified atom stereocenters. The molecule has 0 saturated heterocycles. The number of rotatable bonds is 1. The predicted molar refractivity (Wildman–Crippen MR) is 84.7 cm³/mol. The Morgan fingerprint density at radius 2 is 1.81 bits per heavy atom. The SMILES string of the molecule is c1ccc2c(c1)CN(c1ccnc3ccccc13)CCO2. The third-order valence-corrected chi connectivity index (χ3v) is 3.92. The van der Waals surface area contributed by atoms with Crippen LogP contribution in [0.5, 0.6) is 5.75 Å². The van der Waals surface area contributed by atoms with Gasteiger partial charge in [-0.1, -0.05) is 36.4 Å². The molecule has 0 radical (unpaired) electrons. The smallest absolute Gasteiger partial charge is 0.124 e. The van der Waals surface area contributed by atoms with E-state index in [1.54, 1.807) is 0 Å². The van der Waals surface area contributed by atoms with Crippen molar-refractivity contribution in [3.8, 4) is 5.75 Å². The van der Waals surface area contributed by atoms with Crippen molar-refractivity contribution in [1.29, 1.82) is 0 Å². The molecule has 3 heteroatoms. The highest BCUT2D eigenvalue weighted by molar-refractivity contribution is 5.91. The molecule has 4 rings (SSSR count). The van der Waals surface area contributed by atoms with Crippen LogP contribution in [0.15, 0.2) is 60.8 Å². The average Bonchev–Trinajstić information content (AvgIpc) is 2.76. The number of aromatic nitrogens is 1. The fourth-order valence-electron chi connectivity index (χ4n) is 2.89. The molecule has 0 saturated carbocycles. The number of fused-ring (bicyclic) bond motifs is 2. The Balaban J connectivity index is 1.79. The van der Waals surface area contributed by atoms with E-state index in [4.69, 9.17) is 4.74 Å². The maximum absolute atomic E-state index is 5.85. The first-order valence-electron chi connectivity index (χ1n) is 7.21. The normalized spacial score (nSPS) is 14.4. The van der Waals surface area contributed by atoms with Crippen LogP contribution < -0.4 is 9.64 Å². The van der Waals surface area contributed by atoms with Crippen LogP contribution in [0.3, 0.4) is 0 Å². The number of ether oxygens (including phenoxy) is 1. The van der Waals surface area contributed by atoms with Crippen LogP contribution in [0.4, 0.5) is 5.69 Å². The zero-order valence-corrected chi connectivity index (χ0v) is 11.7. The van der Waals surface area contributed by atoms with E-state index in [2.05, 4.69) is 46.3 Å². The number of para-hydroxylation sites is 2. The van der Waals surface area contributed by atoms with Gasteiger partial charge in [0.25, 0.3) is 0 Å². The maximum atomic E-state index is 5.85. The van der Waals surface area contributed by atoms with Crippen molar-refractivity contribution in [1.82, 2.24) is 4.98 Å². The maximum Gasteiger partial charge on any atom is 0.124 e. The molecule has 2 aromatic carbocycles. The van der Waals surface area contributed by atoms with E-state index in [1.165, 1.54) is 16.6 Å². The van der Waals surface area contributed by atoms with Crippen molar-refractivity contribution in [2.24, 2.45) is 0 Å². The summed E-state index contributed by atoms with van der Waals surface area (Å²) in [6.07, 6.45) is 1.88. The molecular formula is C18H16N2O. The standard InChI is InChI=1S/C18H16N2O/c1-4-8-18-14(5-1)13-20(11-12-21-18)17-9-10-19-16-7-3-2-6-15(16)17/h1-10H,11-13H2. The van der Waals surface area contributed by atoms with Gasteiger partial charge in [-0.25, -0.2) is 0 Å². The summed E-state index contributed by atoms with van der Waals surface area (Å²) in [5, 5.41) is 1.19. The van der Waals surface area contributed by atoms with Crippen molar-refractivity contribution >= 4 is 16.6 Å². The van der Waals surface area contributed by atoms with Gasteiger partial charge in [0, 0.05) is 29.4 Å². The van der Waals surface area contributed by atoms with Crippen molar-refractivity contribution in [2.75, 3.05) is 18.1 Å². The molecule has 0 amide bonds. The zero-order chi connectivity index (χ0) is 14.1. The van der Waals surface area contributed by atoms with E-state index in [9.17, 15) is 0 Å². The molecule has 0 aliphatic carbocycles. The molecule has 0 fully saturated rings. The predicted octanol–water partition coefficient (Wildman–Crippen LogP) is 3.63. The summed E-state index contributed by atoms with van der Waals surface area (Å²) in [5.41, 5.74) is 3.49. The summed E-state index contributed by atoms with van der Waals surface area (Å²) in [4.78, 5) is 6.82. The minimum Gasteiger partial charge on any atom is -0.491 e. The average molecular weight is 276 g/mol. The van der Waals surface area contributed by atoms with Gasteiger partial charge >= 0.3 is 0 Å². The molecule has 2 heterocycles. The number of pyridine rings is 1. The second-order valence-electron chi connectivity index (χ2n) is 5.22. The second-order valence-corrected chi connectivity index (χ2v) is 5.22. The highest BCUT2D eigenvalue weighted by atomic mass is 16.5. The molecule has 0 N–H and O–H groups in total. The van der Waals surface area contributed by atoms with Gasteiger partial charge in [-0.2, -0.15) is 0 Å². The molecular weight excluding hydrogens is 260 g/mol. The number of hydrogen-bond acceptors (Lipinski definition) is 3. The van der Waals surface area contributed by atoms with Crippen molar-refractivity contribution < 1.29 is 4.74 Å². The van der Waals surface area contributed by atoms with Crippen LogP contribution in [0.25, 0.3) is 10.9 Å². The van der Waals surface area contributed by atoms with E-state index in [1.807, 2.05) is 24.4 Å². The third-order valence-electron chi connectivity index (χ3n) is 3.92. The first kappa shape index (κ1) is 12.2. The summed E-state index contributed by atoms with van der Waals surface area (Å²) in [7, 11) is 0. The quantitative estimate of drug-likeness (QED) is 0.678. The van der Waals surface area contributed by atoms with Gasteiger partial charge in [-0.05, 0) is 18.2 Å². The molecule has 104 valence electrons. The van der Waals surface area contributed by atoms with Crippen LogP contribution in [0.2, 0.25) is 0 Å². The van der Waals surface area contributed by atoms with Gasteiger partial charge in [-0.15, -0.1) is 0 Å². The molecule has 0 bridgehead atoms. The number of benzene rings is 2. The first-order valence-corrected chi connectivity index (χ1v) is 7.21. The van der Waals surface area contributed by atoms with E-state index in [0.717, 1.165) is 24.4 Å². The van der Waals surface area contributed by atoms with Crippen LogP contribution in [-0.4, -0.2) is 18.1 Å².